The van der Waals surface area contributed by atoms with Crippen molar-refractivity contribution in [3.05, 3.63) is 17.7 Å². The number of carbonyl (C=O) groups is 1. The minimum atomic E-state index is -4.91. The quantitative estimate of drug-likeness (QED) is 0.408. The van der Waals surface area contributed by atoms with Gasteiger partial charge in [-0.15, -0.1) is 0 Å². The first kappa shape index (κ1) is 17.1. The number of hydrogen-bond donors (Lipinski definition) is 3. The van der Waals surface area contributed by atoms with Gasteiger partial charge in [-0.05, 0) is 18.4 Å². The van der Waals surface area contributed by atoms with Gasteiger partial charge in [-0.25, -0.2) is 4.79 Å². The van der Waals surface area contributed by atoms with Gasteiger partial charge in [0.1, 0.15) is 0 Å². The van der Waals surface area contributed by atoms with Crippen molar-refractivity contribution < 1.29 is 36.9 Å². The third-order valence-electron chi connectivity index (χ3n) is 2.41. The molecule has 0 atom stereocenters. The van der Waals surface area contributed by atoms with E-state index in [1.807, 2.05) is 13.8 Å². The van der Waals surface area contributed by atoms with Crippen LogP contribution in [0.2, 0.25) is 0 Å². The molecule has 1 rings (SSSR count). The van der Waals surface area contributed by atoms with Crippen molar-refractivity contribution in [1.82, 2.24) is 0 Å². The van der Waals surface area contributed by atoms with E-state index in [2.05, 4.69) is 4.18 Å². The van der Waals surface area contributed by atoms with Crippen LogP contribution in [0.3, 0.4) is 0 Å². The zero-order valence-electron chi connectivity index (χ0n) is 11.4. The van der Waals surface area contributed by atoms with Crippen LogP contribution in [0.1, 0.15) is 30.6 Å². The summed E-state index contributed by atoms with van der Waals surface area (Å²) < 4.78 is 38.8. The summed E-state index contributed by atoms with van der Waals surface area (Å²) in [5.74, 6) is -3.00. The minimum absolute atomic E-state index is 0.145. The Morgan fingerprint density at radius 3 is 2.43 bits per heavy atom. The summed E-state index contributed by atoms with van der Waals surface area (Å²) in [6.07, 6.45) is 0.629. The van der Waals surface area contributed by atoms with Crippen molar-refractivity contribution in [3.8, 4) is 17.2 Å². The second kappa shape index (κ2) is 6.64. The molecule has 0 aromatic heterocycles. The predicted octanol–water partition coefficient (Wildman–Crippen LogP) is 1.48. The third kappa shape index (κ3) is 5.48. The van der Waals surface area contributed by atoms with Crippen LogP contribution in [-0.4, -0.2) is 35.8 Å². The number of benzene rings is 1. The normalized spacial score (nSPS) is 11.4. The van der Waals surface area contributed by atoms with Crippen molar-refractivity contribution in [2.45, 2.75) is 20.3 Å². The minimum Gasteiger partial charge on any atom is -0.504 e. The summed E-state index contributed by atoms with van der Waals surface area (Å²) >= 11 is 0. The van der Waals surface area contributed by atoms with E-state index in [0.29, 0.717) is 12.3 Å². The van der Waals surface area contributed by atoms with E-state index in [4.69, 9.17) is 9.29 Å². The van der Waals surface area contributed by atoms with Gasteiger partial charge in [0.25, 0.3) is 0 Å². The fourth-order valence-corrected chi connectivity index (χ4v) is 1.71. The van der Waals surface area contributed by atoms with E-state index in [1.165, 1.54) is 0 Å². The SMILES string of the molecule is CC(C)CCOC(=O)c1cc(O)c(O)c(OS(=O)(=O)O)c1. The molecule has 0 aliphatic carbocycles. The van der Waals surface area contributed by atoms with E-state index in [1.54, 1.807) is 0 Å². The number of hydrogen-bond acceptors (Lipinski definition) is 7. The van der Waals surface area contributed by atoms with Crippen LogP contribution in [0.5, 0.6) is 17.2 Å². The molecule has 1 aromatic rings. The highest BCUT2D eigenvalue weighted by Gasteiger charge is 2.19. The second-order valence-corrected chi connectivity index (χ2v) is 5.69. The first-order chi connectivity index (χ1) is 9.60. The van der Waals surface area contributed by atoms with E-state index < -0.39 is 33.6 Å². The topological polar surface area (TPSA) is 130 Å². The fourth-order valence-electron chi connectivity index (χ4n) is 1.36. The molecule has 21 heavy (non-hydrogen) atoms. The zero-order valence-corrected chi connectivity index (χ0v) is 12.3. The van der Waals surface area contributed by atoms with Gasteiger partial charge < -0.3 is 19.1 Å². The largest absolute Gasteiger partial charge is 0.504 e. The Morgan fingerprint density at radius 1 is 1.29 bits per heavy atom. The molecule has 0 radical (unpaired) electrons. The molecule has 3 N–H and O–H groups in total. The number of phenols is 2. The summed E-state index contributed by atoms with van der Waals surface area (Å²) in [4.78, 5) is 11.7. The predicted molar refractivity (Wildman–Crippen MR) is 71.7 cm³/mol. The van der Waals surface area contributed by atoms with Crippen molar-refractivity contribution in [1.29, 1.82) is 0 Å². The van der Waals surface area contributed by atoms with Crippen LogP contribution in [0, 0.1) is 5.92 Å². The van der Waals surface area contributed by atoms with Gasteiger partial charge in [0.05, 0.1) is 12.2 Å². The Kier molecular flexibility index (Phi) is 5.39. The molecule has 0 unspecified atom stereocenters. The molecular weight excluding hydrogens is 304 g/mol. The molecule has 9 heteroatoms. The maximum absolute atomic E-state index is 11.7. The Hall–Kier alpha value is -2.00. The highest BCUT2D eigenvalue weighted by atomic mass is 32.3. The van der Waals surface area contributed by atoms with Crippen LogP contribution in [0.15, 0.2) is 12.1 Å². The Bertz CT molecular complexity index is 620. The Balaban J connectivity index is 2.96. The maximum atomic E-state index is 11.7. The fraction of sp³-hybridized carbons (Fsp3) is 0.417. The Labute approximate surface area is 121 Å². The molecule has 0 heterocycles. The summed E-state index contributed by atoms with van der Waals surface area (Å²) in [7, 11) is -4.91. The first-order valence-corrected chi connectivity index (χ1v) is 7.36. The lowest BCUT2D eigenvalue weighted by molar-refractivity contribution is 0.0487. The van der Waals surface area contributed by atoms with Crippen LogP contribution < -0.4 is 4.18 Å². The van der Waals surface area contributed by atoms with Gasteiger partial charge in [-0.1, -0.05) is 13.8 Å². The highest BCUT2D eigenvalue weighted by molar-refractivity contribution is 7.81. The molecule has 0 aliphatic heterocycles. The molecule has 0 fully saturated rings. The summed E-state index contributed by atoms with van der Waals surface area (Å²) in [5, 5.41) is 18.8. The van der Waals surface area contributed by atoms with Gasteiger partial charge in [0.2, 0.25) is 5.75 Å². The molecule has 0 spiro atoms. The first-order valence-electron chi connectivity index (χ1n) is 6.00. The lowest BCUT2D eigenvalue weighted by Crippen LogP contribution is -2.10. The molecule has 0 saturated carbocycles. The standard InChI is InChI=1S/C12H16O8S/c1-7(2)3-4-19-12(15)8-5-9(13)11(14)10(6-8)20-21(16,17)18/h5-7,13-14H,3-4H2,1-2H3,(H,16,17,18). The number of aromatic hydroxyl groups is 2. The molecule has 0 aliphatic rings. The number of rotatable bonds is 6. The third-order valence-corrected chi connectivity index (χ3v) is 2.80. The van der Waals surface area contributed by atoms with E-state index in [0.717, 1.165) is 12.1 Å². The van der Waals surface area contributed by atoms with Gasteiger partial charge in [-0.3, -0.25) is 4.55 Å². The molecule has 118 valence electrons. The number of phenolic OH excluding ortho intramolecular Hbond substituents is 2. The van der Waals surface area contributed by atoms with Crippen LogP contribution in [-0.2, 0) is 15.1 Å². The summed E-state index contributed by atoms with van der Waals surface area (Å²) in [5.41, 5.74) is -0.229. The lowest BCUT2D eigenvalue weighted by Gasteiger charge is -2.10. The van der Waals surface area contributed by atoms with Crippen LogP contribution in [0.4, 0.5) is 0 Å². The molecule has 8 nitrogen and oxygen atoms in total. The average Bonchev–Trinajstić information content (AvgIpc) is 2.32. The van der Waals surface area contributed by atoms with E-state index in [9.17, 15) is 23.4 Å². The monoisotopic (exact) mass is 320 g/mol. The molecule has 0 amide bonds. The van der Waals surface area contributed by atoms with Gasteiger partial charge in [0, 0.05) is 6.07 Å². The molecular formula is C12H16O8S. The summed E-state index contributed by atoms with van der Waals surface area (Å²) in [6.45, 7) is 4.03. The van der Waals surface area contributed by atoms with E-state index >= 15 is 0 Å². The van der Waals surface area contributed by atoms with Crippen molar-refractivity contribution in [3.63, 3.8) is 0 Å². The number of esters is 1. The summed E-state index contributed by atoms with van der Waals surface area (Å²) in [6, 6.07) is 1.73. The lowest BCUT2D eigenvalue weighted by atomic mass is 10.1. The van der Waals surface area contributed by atoms with Gasteiger partial charge in [-0.2, -0.15) is 8.42 Å². The van der Waals surface area contributed by atoms with Crippen LogP contribution in [0.25, 0.3) is 0 Å². The number of carbonyl (C=O) groups excluding carboxylic acids is 1. The average molecular weight is 320 g/mol. The zero-order chi connectivity index (χ0) is 16.2. The number of ether oxygens (including phenoxy) is 1. The molecule has 0 saturated heterocycles. The highest BCUT2D eigenvalue weighted by Crippen LogP contribution is 2.37. The van der Waals surface area contributed by atoms with Gasteiger partial charge >= 0.3 is 16.4 Å². The second-order valence-electron chi connectivity index (χ2n) is 4.67. The van der Waals surface area contributed by atoms with Crippen molar-refractivity contribution in [2.24, 2.45) is 5.92 Å². The van der Waals surface area contributed by atoms with E-state index in [-0.39, 0.29) is 12.2 Å². The molecule has 1 aromatic carbocycles. The Morgan fingerprint density at radius 2 is 1.90 bits per heavy atom. The maximum Gasteiger partial charge on any atom is 0.446 e. The van der Waals surface area contributed by atoms with Crippen molar-refractivity contribution >= 4 is 16.4 Å². The van der Waals surface area contributed by atoms with Crippen molar-refractivity contribution in [2.75, 3.05) is 6.61 Å². The smallest absolute Gasteiger partial charge is 0.446 e. The molecule has 0 bridgehead atoms. The van der Waals surface area contributed by atoms with Gasteiger partial charge in [0.15, 0.2) is 11.5 Å². The van der Waals surface area contributed by atoms with Crippen LogP contribution >= 0.6 is 0 Å².